The molecule has 0 spiro atoms. The van der Waals surface area contributed by atoms with Crippen molar-refractivity contribution in [3.8, 4) is 0 Å². The number of nitrogens with zero attached hydrogens (tertiary/aromatic N) is 2. The summed E-state index contributed by atoms with van der Waals surface area (Å²) in [6, 6.07) is 10.9. The van der Waals surface area contributed by atoms with Crippen LogP contribution in [0.4, 0.5) is 30.6 Å². The Morgan fingerprint density at radius 3 is 2.68 bits per heavy atom. The van der Waals surface area contributed by atoms with E-state index in [0.29, 0.717) is 21.8 Å². The van der Waals surface area contributed by atoms with Gasteiger partial charge >= 0.3 is 6.18 Å². The summed E-state index contributed by atoms with van der Waals surface area (Å²) >= 11 is 4.76. The van der Waals surface area contributed by atoms with Crippen molar-refractivity contribution in [2.75, 3.05) is 17.2 Å². The molecule has 6 nitrogen and oxygen atoms in total. The van der Waals surface area contributed by atoms with E-state index in [1.54, 1.807) is 12.3 Å². The first-order valence-corrected chi connectivity index (χ1v) is 12.1. The molecule has 0 fully saturated rings. The van der Waals surface area contributed by atoms with Gasteiger partial charge in [-0.25, -0.2) is 4.98 Å². The molecule has 0 bridgehead atoms. The normalized spacial score (nSPS) is 12.4. The average Bonchev–Trinajstić information content (AvgIpc) is 2.81. The first kappa shape index (κ1) is 26.3. The lowest BCUT2D eigenvalue weighted by Gasteiger charge is -2.16. The third-order valence-electron chi connectivity index (χ3n) is 4.96. The van der Waals surface area contributed by atoms with Crippen LogP contribution < -0.4 is 15.4 Å². The van der Waals surface area contributed by atoms with E-state index < -0.39 is 11.7 Å². The fourth-order valence-corrected chi connectivity index (χ4v) is 4.09. The van der Waals surface area contributed by atoms with Gasteiger partial charge in [-0.3, -0.25) is 4.72 Å². The number of benzene rings is 2. The highest BCUT2D eigenvalue weighted by molar-refractivity contribution is 9.10. The van der Waals surface area contributed by atoms with Crippen LogP contribution in [0.2, 0.25) is 0 Å². The number of aliphatic hydroxyl groups excluding tert-OH is 1. The maximum absolute atomic E-state index is 12.9. The molecular formula is C23H25BrF3N5OS. The molecule has 182 valence electrons. The Morgan fingerprint density at radius 1 is 1.18 bits per heavy atom. The fourth-order valence-electron chi connectivity index (χ4n) is 2.97. The van der Waals surface area contributed by atoms with Crippen molar-refractivity contribution in [3.63, 3.8) is 0 Å². The van der Waals surface area contributed by atoms with Crippen LogP contribution >= 0.6 is 27.9 Å². The zero-order chi connectivity index (χ0) is 24.7. The highest BCUT2D eigenvalue weighted by Crippen LogP contribution is 2.30. The topological polar surface area (TPSA) is 82.1 Å². The molecule has 2 aromatic carbocycles. The molecule has 1 unspecified atom stereocenters. The quantitative estimate of drug-likeness (QED) is 0.219. The molecule has 11 heteroatoms. The minimum Gasteiger partial charge on any atom is -0.394 e. The standard InChI is InChI=1S/C23H25BrF3N5OS/c1-3-17(13-33)30-21-19(24)12-28-22(32-21)31-18-8-7-14(2)20(10-18)34-29-11-15-5-4-6-16(9-15)23(25,26)27/h4-10,12,17,29,33H,3,11,13H2,1-2H3,(H2,28,30,31,32). The van der Waals surface area contributed by atoms with Gasteiger partial charge in [0.25, 0.3) is 0 Å². The molecule has 1 atom stereocenters. The van der Waals surface area contributed by atoms with Gasteiger partial charge in [0, 0.05) is 23.3 Å². The van der Waals surface area contributed by atoms with Crippen molar-refractivity contribution in [2.24, 2.45) is 0 Å². The van der Waals surface area contributed by atoms with Gasteiger partial charge < -0.3 is 15.7 Å². The number of aliphatic hydroxyl groups is 1. The van der Waals surface area contributed by atoms with E-state index in [1.807, 2.05) is 32.0 Å². The summed E-state index contributed by atoms with van der Waals surface area (Å²) in [5.74, 6) is 0.957. The largest absolute Gasteiger partial charge is 0.416 e. The predicted molar refractivity (Wildman–Crippen MR) is 133 cm³/mol. The molecule has 0 aliphatic rings. The number of nitrogens with one attached hydrogen (secondary N) is 3. The molecule has 0 radical (unpaired) electrons. The number of hydrogen-bond donors (Lipinski definition) is 4. The van der Waals surface area contributed by atoms with Gasteiger partial charge in [-0.1, -0.05) is 31.2 Å². The van der Waals surface area contributed by atoms with E-state index >= 15 is 0 Å². The maximum Gasteiger partial charge on any atom is 0.416 e. The molecule has 4 N–H and O–H groups in total. The summed E-state index contributed by atoms with van der Waals surface area (Å²) in [5, 5.41) is 15.8. The lowest BCUT2D eigenvalue weighted by atomic mass is 10.1. The summed E-state index contributed by atoms with van der Waals surface area (Å²) in [6.07, 6.45) is -2.00. The SMILES string of the molecule is CCC(CO)Nc1nc(Nc2ccc(C)c(SNCc3cccc(C(F)(F)F)c3)c2)ncc1Br. The van der Waals surface area contributed by atoms with Crippen LogP contribution in [0.3, 0.4) is 0 Å². The number of halogens is 4. The molecule has 1 aromatic heterocycles. The molecule has 1 heterocycles. The van der Waals surface area contributed by atoms with Gasteiger partial charge in [0.05, 0.1) is 22.7 Å². The maximum atomic E-state index is 12.9. The van der Waals surface area contributed by atoms with Crippen molar-refractivity contribution < 1.29 is 18.3 Å². The first-order valence-electron chi connectivity index (χ1n) is 10.5. The lowest BCUT2D eigenvalue weighted by Crippen LogP contribution is -2.23. The van der Waals surface area contributed by atoms with Crippen molar-refractivity contribution in [1.29, 1.82) is 0 Å². The second-order valence-electron chi connectivity index (χ2n) is 7.55. The smallest absolute Gasteiger partial charge is 0.394 e. The van der Waals surface area contributed by atoms with Crippen LogP contribution in [0, 0.1) is 6.92 Å². The van der Waals surface area contributed by atoms with Crippen molar-refractivity contribution >= 4 is 45.3 Å². The zero-order valence-corrected chi connectivity index (χ0v) is 21.0. The van der Waals surface area contributed by atoms with Crippen LogP contribution in [-0.2, 0) is 12.7 Å². The zero-order valence-electron chi connectivity index (χ0n) is 18.6. The van der Waals surface area contributed by atoms with E-state index in [0.717, 1.165) is 34.7 Å². The third-order valence-corrected chi connectivity index (χ3v) is 6.48. The predicted octanol–water partition coefficient (Wildman–Crippen LogP) is 6.29. The van der Waals surface area contributed by atoms with E-state index in [4.69, 9.17) is 0 Å². The van der Waals surface area contributed by atoms with Crippen molar-refractivity contribution in [2.45, 2.75) is 43.9 Å². The van der Waals surface area contributed by atoms with Crippen molar-refractivity contribution in [1.82, 2.24) is 14.7 Å². The van der Waals surface area contributed by atoms with E-state index in [-0.39, 0.29) is 19.2 Å². The van der Waals surface area contributed by atoms with Crippen LogP contribution in [0.15, 0.2) is 58.0 Å². The molecule has 0 aliphatic heterocycles. The van der Waals surface area contributed by atoms with E-state index in [1.165, 1.54) is 18.0 Å². The Hall–Kier alpha value is -2.34. The van der Waals surface area contributed by atoms with Gasteiger partial charge in [0.1, 0.15) is 5.82 Å². The summed E-state index contributed by atoms with van der Waals surface area (Å²) in [6.45, 7) is 4.19. The summed E-state index contributed by atoms with van der Waals surface area (Å²) in [4.78, 5) is 9.68. The molecule has 34 heavy (non-hydrogen) atoms. The number of aromatic nitrogens is 2. The molecule has 3 rings (SSSR count). The Labute approximate surface area is 209 Å². The fraction of sp³-hybridized carbons (Fsp3) is 0.304. The Bertz CT molecular complexity index is 1110. The van der Waals surface area contributed by atoms with Gasteiger partial charge in [0.2, 0.25) is 5.95 Å². The van der Waals surface area contributed by atoms with Gasteiger partial charge in [-0.15, -0.1) is 0 Å². The van der Waals surface area contributed by atoms with Crippen LogP contribution in [0.1, 0.15) is 30.0 Å². The molecule has 0 amide bonds. The number of aryl methyl sites for hydroxylation is 1. The van der Waals surface area contributed by atoms with Gasteiger partial charge in [-0.05, 0) is 70.5 Å². The summed E-state index contributed by atoms with van der Waals surface area (Å²) in [7, 11) is 0. The van der Waals surface area contributed by atoms with E-state index in [2.05, 4.69) is 41.3 Å². The Balaban J connectivity index is 1.66. The summed E-state index contributed by atoms with van der Waals surface area (Å²) in [5.41, 5.74) is 1.66. The number of hydrogen-bond acceptors (Lipinski definition) is 7. The minimum atomic E-state index is -4.36. The summed E-state index contributed by atoms with van der Waals surface area (Å²) < 4.78 is 42.6. The Morgan fingerprint density at radius 2 is 1.97 bits per heavy atom. The van der Waals surface area contributed by atoms with Crippen LogP contribution in [-0.4, -0.2) is 27.7 Å². The van der Waals surface area contributed by atoms with E-state index in [9.17, 15) is 18.3 Å². The minimum absolute atomic E-state index is 0.0122. The van der Waals surface area contributed by atoms with Gasteiger partial charge in [0.15, 0.2) is 0 Å². The molecule has 3 aromatic rings. The van der Waals surface area contributed by atoms with Crippen LogP contribution in [0.25, 0.3) is 0 Å². The average molecular weight is 556 g/mol. The van der Waals surface area contributed by atoms with Crippen LogP contribution in [0.5, 0.6) is 0 Å². The number of anilines is 3. The van der Waals surface area contributed by atoms with Gasteiger partial charge in [-0.2, -0.15) is 18.2 Å². The number of rotatable bonds is 10. The highest BCUT2D eigenvalue weighted by atomic mass is 79.9. The highest BCUT2D eigenvalue weighted by Gasteiger charge is 2.30. The third kappa shape index (κ3) is 7.33. The number of alkyl halides is 3. The van der Waals surface area contributed by atoms with Crippen molar-refractivity contribution in [3.05, 3.63) is 69.8 Å². The monoisotopic (exact) mass is 555 g/mol. The second-order valence-corrected chi connectivity index (χ2v) is 9.34. The molecule has 0 aliphatic carbocycles. The molecular weight excluding hydrogens is 531 g/mol. The molecule has 0 saturated heterocycles. The Kier molecular flexibility index (Phi) is 9.17. The lowest BCUT2D eigenvalue weighted by molar-refractivity contribution is -0.137. The molecule has 0 saturated carbocycles. The first-order chi connectivity index (χ1) is 16.2. The second kappa shape index (κ2) is 11.9.